The van der Waals surface area contributed by atoms with E-state index in [1.54, 1.807) is 37.4 Å². The lowest BCUT2D eigenvalue weighted by atomic mass is 10.1. The van der Waals surface area contributed by atoms with Crippen LogP contribution in [0.1, 0.15) is 18.1 Å². The molecule has 0 fully saturated rings. The summed E-state index contributed by atoms with van der Waals surface area (Å²) < 4.78 is 18.1. The molecule has 0 saturated heterocycles. The Morgan fingerprint density at radius 2 is 1.92 bits per heavy atom. The third-order valence-corrected chi connectivity index (χ3v) is 3.66. The van der Waals surface area contributed by atoms with Crippen molar-refractivity contribution in [1.29, 1.82) is 0 Å². The highest BCUT2D eigenvalue weighted by Gasteiger charge is 2.04. The van der Waals surface area contributed by atoms with Crippen LogP contribution in [0.4, 0.5) is 4.39 Å². The first-order valence-electron chi connectivity index (χ1n) is 8.25. The van der Waals surface area contributed by atoms with Crippen LogP contribution < -0.4 is 15.4 Å². The van der Waals surface area contributed by atoms with Crippen molar-refractivity contribution in [1.82, 2.24) is 10.6 Å². The van der Waals surface area contributed by atoms with E-state index in [1.807, 2.05) is 6.92 Å². The van der Waals surface area contributed by atoms with Gasteiger partial charge in [-0.05, 0) is 49.2 Å². The SMILES string of the molecule is CCNC(=NCc1cc(OC)ccc1O)NCCc1ccc(F)cc1. The zero-order valence-electron chi connectivity index (χ0n) is 14.6. The van der Waals surface area contributed by atoms with Gasteiger partial charge in [-0.1, -0.05) is 12.1 Å². The van der Waals surface area contributed by atoms with E-state index in [-0.39, 0.29) is 11.6 Å². The Balaban J connectivity index is 1.94. The molecule has 2 aromatic rings. The number of hydrogen-bond acceptors (Lipinski definition) is 3. The molecule has 134 valence electrons. The van der Waals surface area contributed by atoms with Crippen LogP contribution >= 0.6 is 0 Å². The van der Waals surface area contributed by atoms with Gasteiger partial charge in [-0.25, -0.2) is 9.38 Å². The molecule has 0 radical (unpaired) electrons. The summed E-state index contributed by atoms with van der Waals surface area (Å²) in [5.74, 6) is 1.29. The molecule has 5 nitrogen and oxygen atoms in total. The summed E-state index contributed by atoms with van der Waals surface area (Å²) in [5.41, 5.74) is 1.74. The third-order valence-electron chi connectivity index (χ3n) is 3.66. The van der Waals surface area contributed by atoms with E-state index < -0.39 is 0 Å². The Bertz CT molecular complexity index is 702. The maximum atomic E-state index is 12.9. The molecule has 0 unspecified atom stereocenters. The first kappa shape index (κ1) is 18.6. The molecule has 0 aliphatic rings. The van der Waals surface area contributed by atoms with Crippen molar-refractivity contribution in [2.24, 2.45) is 4.99 Å². The van der Waals surface area contributed by atoms with Crippen molar-refractivity contribution < 1.29 is 14.2 Å². The van der Waals surface area contributed by atoms with Crippen LogP contribution in [0.5, 0.6) is 11.5 Å². The largest absolute Gasteiger partial charge is 0.508 e. The number of guanidine groups is 1. The predicted octanol–water partition coefficient (Wildman–Crippen LogP) is 2.84. The minimum atomic E-state index is -0.232. The summed E-state index contributed by atoms with van der Waals surface area (Å²) in [6.07, 6.45) is 0.759. The molecule has 0 heterocycles. The van der Waals surface area contributed by atoms with Crippen LogP contribution in [0.3, 0.4) is 0 Å². The van der Waals surface area contributed by atoms with Gasteiger partial charge in [0, 0.05) is 18.7 Å². The molecule has 0 aliphatic heterocycles. The third kappa shape index (κ3) is 5.99. The maximum Gasteiger partial charge on any atom is 0.191 e. The Morgan fingerprint density at radius 1 is 1.16 bits per heavy atom. The molecule has 0 atom stereocenters. The number of benzene rings is 2. The average Bonchev–Trinajstić information content (AvgIpc) is 2.62. The number of nitrogens with zero attached hydrogens (tertiary/aromatic N) is 1. The number of nitrogens with one attached hydrogen (secondary N) is 2. The van der Waals surface area contributed by atoms with Crippen molar-refractivity contribution in [3.63, 3.8) is 0 Å². The van der Waals surface area contributed by atoms with Crippen molar-refractivity contribution in [3.05, 3.63) is 59.4 Å². The molecule has 2 rings (SSSR count). The van der Waals surface area contributed by atoms with E-state index in [0.29, 0.717) is 30.4 Å². The van der Waals surface area contributed by atoms with Crippen LogP contribution in [0.15, 0.2) is 47.5 Å². The fourth-order valence-corrected chi connectivity index (χ4v) is 2.30. The molecule has 25 heavy (non-hydrogen) atoms. The molecule has 0 aromatic heterocycles. The number of halogens is 1. The van der Waals surface area contributed by atoms with Crippen LogP contribution in [-0.2, 0) is 13.0 Å². The van der Waals surface area contributed by atoms with Gasteiger partial charge in [0.05, 0.1) is 13.7 Å². The van der Waals surface area contributed by atoms with Crippen LogP contribution in [0.2, 0.25) is 0 Å². The van der Waals surface area contributed by atoms with Gasteiger partial charge < -0.3 is 20.5 Å². The first-order chi connectivity index (χ1) is 12.1. The topological polar surface area (TPSA) is 65.9 Å². The fourth-order valence-electron chi connectivity index (χ4n) is 2.30. The summed E-state index contributed by atoms with van der Waals surface area (Å²) in [6.45, 7) is 3.71. The smallest absolute Gasteiger partial charge is 0.191 e. The number of methoxy groups -OCH3 is 1. The van der Waals surface area contributed by atoms with Gasteiger partial charge in [-0.15, -0.1) is 0 Å². The highest BCUT2D eigenvalue weighted by atomic mass is 19.1. The summed E-state index contributed by atoms with van der Waals surface area (Å²) >= 11 is 0. The number of aromatic hydroxyl groups is 1. The average molecular weight is 345 g/mol. The van der Waals surface area contributed by atoms with Crippen molar-refractivity contribution in [3.8, 4) is 11.5 Å². The summed E-state index contributed by atoms with van der Waals surface area (Å²) in [7, 11) is 1.58. The van der Waals surface area contributed by atoms with Crippen LogP contribution in [-0.4, -0.2) is 31.3 Å². The van der Waals surface area contributed by atoms with Crippen LogP contribution in [0, 0.1) is 5.82 Å². The second-order valence-electron chi connectivity index (χ2n) is 5.49. The van der Waals surface area contributed by atoms with Gasteiger partial charge in [-0.3, -0.25) is 0 Å². The molecular weight excluding hydrogens is 321 g/mol. The minimum absolute atomic E-state index is 0.187. The summed E-state index contributed by atoms with van der Waals surface area (Å²) in [4.78, 5) is 4.48. The van der Waals surface area contributed by atoms with E-state index in [0.717, 1.165) is 18.5 Å². The second kappa shape index (κ2) is 9.52. The molecule has 0 spiro atoms. The highest BCUT2D eigenvalue weighted by molar-refractivity contribution is 5.79. The van der Waals surface area contributed by atoms with Gasteiger partial charge in [0.1, 0.15) is 17.3 Å². The van der Waals surface area contributed by atoms with Crippen molar-refractivity contribution >= 4 is 5.96 Å². The number of rotatable bonds is 7. The summed E-state index contributed by atoms with van der Waals surface area (Å²) in [5, 5.41) is 16.3. The molecule has 0 aliphatic carbocycles. The standard InChI is InChI=1S/C19H24FN3O2/c1-3-21-19(22-11-10-14-4-6-16(20)7-5-14)23-13-15-12-17(25-2)8-9-18(15)24/h4-9,12,24H,3,10-11,13H2,1-2H3,(H2,21,22,23). The van der Waals surface area contributed by atoms with Gasteiger partial charge in [-0.2, -0.15) is 0 Å². The number of ether oxygens (including phenoxy) is 1. The number of aliphatic imine (C=N–C) groups is 1. The lowest BCUT2D eigenvalue weighted by Gasteiger charge is -2.12. The number of phenols is 1. The van der Waals surface area contributed by atoms with E-state index in [1.165, 1.54) is 12.1 Å². The fraction of sp³-hybridized carbons (Fsp3) is 0.316. The second-order valence-corrected chi connectivity index (χ2v) is 5.49. The van der Waals surface area contributed by atoms with Crippen molar-refractivity contribution in [2.75, 3.05) is 20.2 Å². The molecule has 2 aromatic carbocycles. The van der Waals surface area contributed by atoms with Gasteiger partial charge in [0.2, 0.25) is 0 Å². The zero-order chi connectivity index (χ0) is 18.1. The molecule has 0 bridgehead atoms. The molecule has 0 saturated carbocycles. The maximum absolute atomic E-state index is 12.9. The predicted molar refractivity (Wildman–Crippen MR) is 97.6 cm³/mol. The minimum Gasteiger partial charge on any atom is -0.508 e. The van der Waals surface area contributed by atoms with Gasteiger partial charge in [0.15, 0.2) is 5.96 Å². The number of hydrogen-bond donors (Lipinski definition) is 3. The van der Waals surface area contributed by atoms with E-state index in [4.69, 9.17) is 4.74 Å². The zero-order valence-corrected chi connectivity index (χ0v) is 14.6. The highest BCUT2D eigenvalue weighted by Crippen LogP contribution is 2.23. The Labute approximate surface area is 147 Å². The van der Waals surface area contributed by atoms with Gasteiger partial charge in [0.25, 0.3) is 0 Å². The number of phenolic OH excluding ortho intramolecular Hbond substituents is 1. The van der Waals surface area contributed by atoms with Crippen molar-refractivity contribution in [2.45, 2.75) is 19.9 Å². The Kier molecular flexibility index (Phi) is 7.07. The lowest BCUT2D eigenvalue weighted by molar-refractivity contribution is 0.411. The van der Waals surface area contributed by atoms with Crippen LogP contribution in [0.25, 0.3) is 0 Å². The normalized spacial score (nSPS) is 11.2. The quantitative estimate of drug-likeness (QED) is 0.533. The van der Waals surface area contributed by atoms with Gasteiger partial charge >= 0.3 is 0 Å². The monoisotopic (exact) mass is 345 g/mol. The Morgan fingerprint density at radius 3 is 2.60 bits per heavy atom. The Hall–Kier alpha value is -2.76. The van der Waals surface area contributed by atoms with E-state index in [9.17, 15) is 9.50 Å². The first-order valence-corrected chi connectivity index (χ1v) is 8.25. The molecule has 0 amide bonds. The van der Waals surface area contributed by atoms with E-state index in [2.05, 4.69) is 15.6 Å². The molecule has 3 N–H and O–H groups in total. The molecular formula is C19H24FN3O2. The lowest BCUT2D eigenvalue weighted by Crippen LogP contribution is -2.38. The molecule has 6 heteroatoms. The summed E-state index contributed by atoms with van der Waals surface area (Å²) in [6, 6.07) is 11.5. The van der Waals surface area contributed by atoms with E-state index >= 15 is 0 Å².